The summed E-state index contributed by atoms with van der Waals surface area (Å²) in [5.41, 5.74) is 2.52. The highest BCUT2D eigenvalue weighted by Gasteiger charge is 2.39. The first-order valence-corrected chi connectivity index (χ1v) is 7.38. The molecule has 1 aromatic rings. The van der Waals surface area contributed by atoms with E-state index in [1.165, 1.54) is 11.1 Å². The number of nitrogens with zero attached hydrogens (tertiary/aromatic N) is 1. The van der Waals surface area contributed by atoms with Crippen molar-refractivity contribution in [1.29, 1.82) is 0 Å². The maximum Gasteiger partial charge on any atom is 0.414 e. The molecule has 1 aromatic carbocycles. The summed E-state index contributed by atoms with van der Waals surface area (Å²) in [5.74, 6) is -1.95. The number of carbonyl (C=O) groups is 2. The van der Waals surface area contributed by atoms with E-state index in [4.69, 9.17) is 34.0 Å². The highest BCUT2D eigenvalue weighted by molar-refractivity contribution is 6.27. The fourth-order valence-corrected chi connectivity index (χ4v) is 3.03. The number of morpholine rings is 1. The van der Waals surface area contributed by atoms with Crippen LogP contribution in [0.15, 0.2) is 24.8 Å². The molecule has 0 radical (unpaired) electrons. The molecule has 2 unspecified atom stereocenters. The molecule has 24 heavy (non-hydrogen) atoms. The zero-order valence-electron chi connectivity index (χ0n) is 12.8. The molecule has 4 rings (SSSR count). The monoisotopic (exact) mass is 335 g/mol. The molecule has 0 spiro atoms. The summed E-state index contributed by atoms with van der Waals surface area (Å²) >= 11 is 0. The topological polar surface area (TPSA) is 106 Å². The molecule has 3 aliphatic rings. The molecule has 3 heterocycles. The highest BCUT2D eigenvalue weighted by atomic mass is 16.7. The Labute approximate surface area is 137 Å². The Hall–Kier alpha value is -2.58. The van der Waals surface area contributed by atoms with Crippen molar-refractivity contribution in [2.24, 2.45) is 0 Å². The lowest BCUT2D eigenvalue weighted by Gasteiger charge is -2.31. The minimum Gasteiger partial charge on any atom is -0.473 e. The van der Waals surface area contributed by atoms with Gasteiger partial charge in [0.1, 0.15) is 0 Å². The van der Waals surface area contributed by atoms with Crippen LogP contribution in [0.1, 0.15) is 23.3 Å². The molecule has 2 N–H and O–H groups in total. The first kappa shape index (κ1) is 16.3. The maximum absolute atomic E-state index is 9.10. The fourth-order valence-electron chi connectivity index (χ4n) is 3.03. The van der Waals surface area contributed by atoms with Crippen LogP contribution in [0.5, 0.6) is 11.5 Å². The van der Waals surface area contributed by atoms with Crippen molar-refractivity contribution in [2.75, 3.05) is 26.4 Å². The standard InChI is InChI=1S/C14H15NO3.C2H2O4/c1-2-3-15-6-13-9-4-11-12(17-8-16-11)5-10(9)14(7-15)18-13;3-1(4)2(5)6/h2,4-5,13-14H,1,3,6-8H2;(H,3,4)(H,5,6). The Morgan fingerprint density at radius 3 is 2.04 bits per heavy atom. The minimum absolute atomic E-state index is 0.160. The summed E-state index contributed by atoms with van der Waals surface area (Å²) in [6.07, 6.45) is 2.27. The van der Waals surface area contributed by atoms with E-state index in [1.807, 2.05) is 6.08 Å². The second-order valence-electron chi connectivity index (χ2n) is 5.57. The van der Waals surface area contributed by atoms with E-state index in [0.717, 1.165) is 31.1 Å². The van der Waals surface area contributed by atoms with Crippen molar-refractivity contribution in [3.8, 4) is 11.5 Å². The largest absolute Gasteiger partial charge is 0.473 e. The molecule has 8 nitrogen and oxygen atoms in total. The number of aliphatic carboxylic acids is 2. The van der Waals surface area contributed by atoms with E-state index in [9.17, 15) is 0 Å². The molecular weight excluding hydrogens is 318 g/mol. The van der Waals surface area contributed by atoms with Gasteiger partial charge in [-0.25, -0.2) is 9.59 Å². The number of hydrogen-bond donors (Lipinski definition) is 2. The predicted octanol–water partition coefficient (Wildman–Crippen LogP) is 1.18. The lowest BCUT2D eigenvalue weighted by Crippen LogP contribution is -2.36. The normalized spacial score (nSPS) is 23.0. The molecular formula is C16H17NO7. The van der Waals surface area contributed by atoms with Gasteiger partial charge >= 0.3 is 11.9 Å². The van der Waals surface area contributed by atoms with Crippen LogP contribution in [0.4, 0.5) is 0 Å². The molecule has 2 atom stereocenters. The highest BCUT2D eigenvalue weighted by Crippen LogP contribution is 2.48. The van der Waals surface area contributed by atoms with Crippen molar-refractivity contribution in [3.63, 3.8) is 0 Å². The Kier molecular flexibility index (Phi) is 4.41. The fraction of sp³-hybridized carbons (Fsp3) is 0.375. The van der Waals surface area contributed by atoms with Gasteiger partial charge in [-0.2, -0.15) is 0 Å². The molecule has 0 aromatic heterocycles. The molecule has 0 saturated carbocycles. The van der Waals surface area contributed by atoms with Gasteiger partial charge in [0.25, 0.3) is 0 Å². The van der Waals surface area contributed by atoms with Crippen LogP contribution in [0.3, 0.4) is 0 Å². The van der Waals surface area contributed by atoms with Crippen molar-refractivity contribution in [2.45, 2.75) is 12.2 Å². The van der Waals surface area contributed by atoms with E-state index in [1.54, 1.807) is 0 Å². The average Bonchev–Trinajstić information content (AvgIpc) is 3.10. The maximum atomic E-state index is 9.10. The van der Waals surface area contributed by atoms with E-state index in [2.05, 4.69) is 23.6 Å². The number of fused-ring (bicyclic) bond motifs is 6. The van der Waals surface area contributed by atoms with Crippen LogP contribution in [0, 0.1) is 0 Å². The van der Waals surface area contributed by atoms with Gasteiger partial charge in [0.15, 0.2) is 11.5 Å². The summed E-state index contributed by atoms with van der Waals surface area (Å²) in [4.78, 5) is 20.6. The summed E-state index contributed by atoms with van der Waals surface area (Å²) in [6.45, 7) is 6.90. The number of carboxylic acid groups (broad SMARTS) is 2. The summed E-state index contributed by atoms with van der Waals surface area (Å²) < 4.78 is 16.9. The predicted molar refractivity (Wildman–Crippen MR) is 81.0 cm³/mol. The van der Waals surface area contributed by atoms with Crippen LogP contribution in [0.25, 0.3) is 0 Å². The number of rotatable bonds is 2. The minimum atomic E-state index is -1.82. The van der Waals surface area contributed by atoms with Crippen LogP contribution in [-0.4, -0.2) is 53.5 Å². The van der Waals surface area contributed by atoms with Gasteiger partial charge in [0.05, 0.1) is 12.2 Å². The Balaban J connectivity index is 0.000000246. The smallest absolute Gasteiger partial charge is 0.414 e. The van der Waals surface area contributed by atoms with Crippen LogP contribution >= 0.6 is 0 Å². The first-order valence-electron chi connectivity index (χ1n) is 7.38. The SMILES string of the molecule is C=CCN1CC2OC(C1)c1cc3c(cc12)OCO3.O=C(O)C(=O)O. The third-order valence-corrected chi connectivity index (χ3v) is 4.02. The van der Waals surface area contributed by atoms with Crippen molar-refractivity contribution < 1.29 is 34.0 Å². The summed E-state index contributed by atoms with van der Waals surface area (Å²) in [6, 6.07) is 4.17. The van der Waals surface area contributed by atoms with E-state index in [-0.39, 0.29) is 12.2 Å². The zero-order chi connectivity index (χ0) is 17.3. The number of hydrogen-bond acceptors (Lipinski definition) is 6. The van der Waals surface area contributed by atoms with Crippen molar-refractivity contribution >= 4 is 11.9 Å². The van der Waals surface area contributed by atoms with Gasteiger partial charge in [-0.05, 0) is 23.3 Å². The van der Waals surface area contributed by atoms with Crippen LogP contribution in [-0.2, 0) is 14.3 Å². The molecule has 8 heteroatoms. The quantitative estimate of drug-likeness (QED) is 0.613. The lowest BCUT2D eigenvalue weighted by molar-refractivity contribution is -0.159. The second kappa shape index (κ2) is 6.50. The van der Waals surface area contributed by atoms with E-state index in [0.29, 0.717) is 6.79 Å². The molecule has 2 bridgehead atoms. The Morgan fingerprint density at radius 1 is 1.12 bits per heavy atom. The summed E-state index contributed by atoms with van der Waals surface area (Å²) in [5, 5.41) is 14.8. The van der Waals surface area contributed by atoms with Crippen molar-refractivity contribution in [3.05, 3.63) is 35.9 Å². The molecule has 128 valence electrons. The zero-order valence-corrected chi connectivity index (χ0v) is 12.8. The average molecular weight is 335 g/mol. The second-order valence-corrected chi connectivity index (χ2v) is 5.57. The molecule has 3 aliphatic heterocycles. The van der Waals surface area contributed by atoms with Gasteiger partial charge in [-0.1, -0.05) is 6.08 Å². The Morgan fingerprint density at radius 2 is 1.62 bits per heavy atom. The van der Waals surface area contributed by atoms with E-state index < -0.39 is 11.9 Å². The molecule has 1 fully saturated rings. The van der Waals surface area contributed by atoms with Gasteiger partial charge in [0, 0.05) is 19.6 Å². The van der Waals surface area contributed by atoms with Crippen LogP contribution in [0.2, 0.25) is 0 Å². The molecule has 1 saturated heterocycles. The molecule has 0 amide bonds. The lowest BCUT2D eigenvalue weighted by atomic mass is 10.0. The molecule has 0 aliphatic carbocycles. The first-order chi connectivity index (χ1) is 11.5. The Bertz CT molecular complexity index is 636. The van der Waals surface area contributed by atoms with Gasteiger partial charge in [0.2, 0.25) is 6.79 Å². The number of carboxylic acids is 2. The third-order valence-electron chi connectivity index (χ3n) is 4.02. The van der Waals surface area contributed by atoms with Crippen LogP contribution < -0.4 is 9.47 Å². The third kappa shape index (κ3) is 3.06. The van der Waals surface area contributed by atoms with Gasteiger partial charge in [-0.3, -0.25) is 4.90 Å². The van der Waals surface area contributed by atoms with Gasteiger partial charge < -0.3 is 24.4 Å². The summed E-state index contributed by atoms with van der Waals surface area (Å²) in [7, 11) is 0. The number of benzene rings is 1. The van der Waals surface area contributed by atoms with Gasteiger partial charge in [-0.15, -0.1) is 6.58 Å². The van der Waals surface area contributed by atoms with Crippen molar-refractivity contribution in [1.82, 2.24) is 4.90 Å². The van der Waals surface area contributed by atoms with E-state index >= 15 is 0 Å². The number of ether oxygens (including phenoxy) is 3.